The molecule has 0 aliphatic heterocycles. The zero-order chi connectivity index (χ0) is 15.5. The van der Waals surface area contributed by atoms with Crippen LogP contribution in [0.15, 0.2) is 46.9 Å². The maximum atomic E-state index is 12.2. The Balaban J connectivity index is 2.25. The van der Waals surface area contributed by atoms with E-state index in [1.54, 1.807) is 30.3 Å². The number of sulfonamides is 1. The van der Waals surface area contributed by atoms with Gasteiger partial charge in [0.15, 0.2) is 0 Å². The second-order valence-electron chi connectivity index (χ2n) is 4.61. The van der Waals surface area contributed by atoms with Crippen molar-refractivity contribution in [3.63, 3.8) is 0 Å². The van der Waals surface area contributed by atoms with E-state index in [4.69, 9.17) is 5.26 Å². The van der Waals surface area contributed by atoms with Gasteiger partial charge in [0.2, 0.25) is 10.0 Å². The first-order valence-corrected chi connectivity index (χ1v) is 8.60. The fourth-order valence-electron chi connectivity index (χ4n) is 1.87. The van der Waals surface area contributed by atoms with Crippen LogP contribution >= 0.6 is 15.9 Å². The molecule has 0 amide bonds. The third kappa shape index (κ3) is 4.06. The van der Waals surface area contributed by atoms with Gasteiger partial charge < -0.3 is 0 Å². The number of aryl methyl sites for hydroxylation is 1. The summed E-state index contributed by atoms with van der Waals surface area (Å²) < 4.78 is 27.7. The second-order valence-corrected chi connectivity index (χ2v) is 7.19. The molecule has 6 heteroatoms. The predicted molar refractivity (Wildman–Crippen MR) is 86.3 cm³/mol. The van der Waals surface area contributed by atoms with E-state index in [2.05, 4.69) is 20.7 Å². The SMILES string of the molecule is Cc1ccc(NS(=O)(=O)Cc2ccccc2C#N)c(Br)c1. The number of hydrogen-bond donors (Lipinski definition) is 1. The van der Waals surface area contributed by atoms with Crippen LogP contribution < -0.4 is 4.72 Å². The Morgan fingerprint density at radius 1 is 1.24 bits per heavy atom. The van der Waals surface area contributed by atoms with Crippen LogP contribution in [0.2, 0.25) is 0 Å². The molecule has 1 N–H and O–H groups in total. The Morgan fingerprint density at radius 3 is 2.62 bits per heavy atom. The van der Waals surface area contributed by atoms with E-state index in [1.807, 2.05) is 25.1 Å². The van der Waals surface area contributed by atoms with Crippen molar-refractivity contribution >= 4 is 31.6 Å². The van der Waals surface area contributed by atoms with Gasteiger partial charge in [-0.05, 0) is 52.2 Å². The van der Waals surface area contributed by atoms with Gasteiger partial charge in [-0.1, -0.05) is 24.3 Å². The number of halogens is 1. The monoisotopic (exact) mass is 364 g/mol. The van der Waals surface area contributed by atoms with E-state index >= 15 is 0 Å². The van der Waals surface area contributed by atoms with Crippen molar-refractivity contribution in [3.05, 3.63) is 63.6 Å². The highest BCUT2D eigenvalue weighted by Crippen LogP contribution is 2.25. The van der Waals surface area contributed by atoms with Crippen molar-refractivity contribution in [2.45, 2.75) is 12.7 Å². The summed E-state index contributed by atoms with van der Waals surface area (Å²) in [5.74, 6) is -0.239. The van der Waals surface area contributed by atoms with E-state index < -0.39 is 10.0 Å². The smallest absolute Gasteiger partial charge is 0.236 e. The normalized spacial score (nSPS) is 10.9. The molecule has 0 unspecified atom stereocenters. The van der Waals surface area contributed by atoms with Crippen LogP contribution in [-0.4, -0.2) is 8.42 Å². The number of nitrogens with zero attached hydrogens (tertiary/aromatic N) is 1. The van der Waals surface area contributed by atoms with Crippen molar-refractivity contribution in [3.8, 4) is 6.07 Å². The lowest BCUT2D eigenvalue weighted by molar-refractivity contribution is 0.600. The maximum Gasteiger partial charge on any atom is 0.236 e. The van der Waals surface area contributed by atoms with Crippen molar-refractivity contribution in [2.24, 2.45) is 0 Å². The molecule has 108 valence electrons. The highest BCUT2D eigenvalue weighted by atomic mass is 79.9. The molecular weight excluding hydrogens is 352 g/mol. The Morgan fingerprint density at radius 2 is 1.95 bits per heavy atom. The summed E-state index contributed by atoms with van der Waals surface area (Å²) in [6.45, 7) is 1.92. The van der Waals surface area contributed by atoms with Gasteiger partial charge in [-0.25, -0.2) is 8.42 Å². The fraction of sp³-hybridized carbons (Fsp3) is 0.133. The third-order valence-corrected chi connectivity index (χ3v) is 4.75. The molecule has 0 atom stereocenters. The van der Waals surface area contributed by atoms with Gasteiger partial charge in [0.05, 0.1) is 23.1 Å². The number of nitriles is 1. The minimum atomic E-state index is -3.59. The maximum absolute atomic E-state index is 12.2. The summed E-state index contributed by atoms with van der Waals surface area (Å²) in [7, 11) is -3.59. The van der Waals surface area contributed by atoms with Crippen LogP contribution in [0.3, 0.4) is 0 Å². The largest absolute Gasteiger partial charge is 0.282 e. The number of hydrogen-bond acceptors (Lipinski definition) is 3. The number of benzene rings is 2. The molecule has 0 aromatic heterocycles. The second kappa shape index (κ2) is 6.29. The lowest BCUT2D eigenvalue weighted by Gasteiger charge is -2.11. The molecule has 0 fully saturated rings. The summed E-state index contributed by atoms with van der Waals surface area (Å²) in [5.41, 5.74) is 2.36. The standard InChI is InChI=1S/C15H13BrN2O2S/c1-11-6-7-15(14(16)8-11)18-21(19,20)10-13-5-3-2-4-12(13)9-17/h2-8,18H,10H2,1H3. The minimum absolute atomic E-state index is 0.239. The summed E-state index contributed by atoms with van der Waals surface area (Å²) in [6, 6.07) is 14.0. The van der Waals surface area contributed by atoms with Crippen LogP contribution in [0, 0.1) is 18.3 Å². The highest BCUT2D eigenvalue weighted by Gasteiger charge is 2.15. The molecule has 0 heterocycles. The van der Waals surface area contributed by atoms with E-state index in [9.17, 15) is 8.42 Å². The van der Waals surface area contributed by atoms with Gasteiger partial charge in [0, 0.05) is 4.47 Å². The molecule has 0 radical (unpaired) electrons. The Bertz CT molecular complexity index is 811. The van der Waals surface area contributed by atoms with Crippen molar-refractivity contribution in [2.75, 3.05) is 4.72 Å². The molecule has 0 aliphatic carbocycles. The van der Waals surface area contributed by atoms with Gasteiger partial charge in [-0.2, -0.15) is 5.26 Å². The van der Waals surface area contributed by atoms with Gasteiger partial charge in [0.25, 0.3) is 0 Å². The molecule has 0 aliphatic rings. The fourth-order valence-corrected chi connectivity index (χ4v) is 3.84. The number of rotatable bonds is 4. The molecule has 0 saturated heterocycles. The van der Waals surface area contributed by atoms with Gasteiger partial charge in [0.1, 0.15) is 0 Å². The summed E-state index contributed by atoms with van der Waals surface area (Å²) >= 11 is 3.33. The van der Waals surface area contributed by atoms with Crippen LogP contribution in [0.25, 0.3) is 0 Å². The zero-order valence-corrected chi connectivity index (χ0v) is 13.7. The first kappa shape index (κ1) is 15.5. The van der Waals surface area contributed by atoms with Crippen LogP contribution in [-0.2, 0) is 15.8 Å². The highest BCUT2D eigenvalue weighted by molar-refractivity contribution is 9.10. The Hall–Kier alpha value is -1.84. The molecule has 0 spiro atoms. The lowest BCUT2D eigenvalue weighted by Crippen LogP contribution is -2.16. The van der Waals surface area contributed by atoms with E-state index in [1.165, 1.54) is 0 Å². The third-order valence-electron chi connectivity index (χ3n) is 2.87. The average molecular weight is 365 g/mol. The van der Waals surface area contributed by atoms with Crippen molar-refractivity contribution in [1.29, 1.82) is 5.26 Å². The molecular formula is C15H13BrN2O2S. The van der Waals surface area contributed by atoms with Crippen LogP contribution in [0.5, 0.6) is 0 Å². The van der Waals surface area contributed by atoms with Gasteiger partial charge in [-0.15, -0.1) is 0 Å². The molecule has 2 rings (SSSR count). The Labute approximate surface area is 132 Å². The van der Waals surface area contributed by atoms with Gasteiger partial charge >= 0.3 is 0 Å². The van der Waals surface area contributed by atoms with Crippen LogP contribution in [0.1, 0.15) is 16.7 Å². The van der Waals surface area contributed by atoms with E-state index in [0.29, 0.717) is 21.3 Å². The molecule has 2 aromatic carbocycles. The molecule has 0 saturated carbocycles. The van der Waals surface area contributed by atoms with Crippen molar-refractivity contribution in [1.82, 2.24) is 0 Å². The first-order chi connectivity index (χ1) is 9.91. The van der Waals surface area contributed by atoms with Crippen LogP contribution in [0.4, 0.5) is 5.69 Å². The molecule has 0 bridgehead atoms. The zero-order valence-electron chi connectivity index (χ0n) is 11.3. The topological polar surface area (TPSA) is 70.0 Å². The quantitative estimate of drug-likeness (QED) is 0.901. The molecule has 2 aromatic rings. The summed E-state index contributed by atoms with van der Waals surface area (Å²) in [4.78, 5) is 0. The van der Waals surface area contributed by atoms with Gasteiger partial charge in [-0.3, -0.25) is 4.72 Å². The van der Waals surface area contributed by atoms with Crippen molar-refractivity contribution < 1.29 is 8.42 Å². The Kier molecular flexibility index (Phi) is 4.66. The predicted octanol–water partition coefficient (Wildman–Crippen LogP) is 3.57. The molecule has 21 heavy (non-hydrogen) atoms. The number of nitrogens with one attached hydrogen (secondary N) is 1. The lowest BCUT2D eigenvalue weighted by atomic mass is 10.1. The molecule has 4 nitrogen and oxygen atoms in total. The first-order valence-electron chi connectivity index (χ1n) is 6.16. The summed E-state index contributed by atoms with van der Waals surface area (Å²) in [6.07, 6.45) is 0. The average Bonchev–Trinajstić information content (AvgIpc) is 2.42. The van der Waals surface area contributed by atoms with E-state index in [0.717, 1.165) is 5.56 Å². The van der Waals surface area contributed by atoms with E-state index in [-0.39, 0.29) is 5.75 Å². The number of anilines is 1. The summed E-state index contributed by atoms with van der Waals surface area (Å²) in [5, 5.41) is 9.01. The minimum Gasteiger partial charge on any atom is -0.282 e.